The van der Waals surface area contributed by atoms with Gasteiger partial charge in [0.05, 0.1) is 17.4 Å². The van der Waals surface area contributed by atoms with Crippen molar-refractivity contribution in [1.29, 1.82) is 0 Å². The molecule has 0 aliphatic rings. The number of anilines is 1. The molecular weight excluding hydrogens is 224 g/mol. The van der Waals surface area contributed by atoms with Crippen molar-refractivity contribution < 1.29 is 0 Å². The minimum Gasteiger partial charge on any atom is -0.343 e. The highest BCUT2D eigenvalue weighted by molar-refractivity contribution is 6.30. The molecule has 0 unspecified atom stereocenters. The van der Waals surface area contributed by atoms with Crippen LogP contribution in [-0.2, 0) is 0 Å². The van der Waals surface area contributed by atoms with Crippen LogP contribution in [-0.4, -0.2) is 36.6 Å². The van der Waals surface area contributed by atoms with Crippen LogP contribution in [0.2, 0.25) is 5.02 Å². The number of hydrogen-bond donors (Lipinski definition) is 1. The Morgan fingerprint density at radius 1 is 1.38 bits per heavy atom. The van der Waals surface area contributed by atoms with E-state index in [1.54, 1.807) is 12.4 Å². The molecule has 0 bridgehead atoms. The molecule has 16 heavy (non-hydrogen) atoms. The smallest absolute Gasteiger partial charge is 0.225 e. The Kier molecular flexibility index (Phi) is 5.49. The average Bonchev–Trinajstić information content (AvgIpc) is 2.25. The predicted octanol–water partition coefficient (Wildman–Crippen LogP) is 1.81. The van der Waals surface area contributed by atoms with Crippen molar-refractivity contribution >= 4 is 17.5 Å². The summed E-state index contributed by atoms with van der Waals surface area (Å²) in [5.74, 6) is 1.38. The summed E-state index contributed by atoms with van der Waals surface area (Å²) in [7, 11) is 1.97. The summed E-state index contributed by atoms with van der Waals surface area (Å²) in [5.41, 5.74) is 0. The highest BCUT2D eigenvalue weighted by Gasteiger charge is 2.03. The third-order valence-electron chi connectivity index (χ3n) is 2.12. The first-order valence-corrected chi connectivity index (χ1v) is 5.87. The molecule has 0 spiro atoms. The lowest BCUT2D eigenvalue weighted by Gasteiger charge is -2.17. The van der Waals surface area contributed by atoms with Gasteiger partial charge in [-0.05, 0) is 12.5 Å². The number of halogens is 1. The molecule has 90 valence electrons. The Bertz CT molecular complexity index is 299. The molecule has 0 aliphatic carbocycles. The van der Waals surface area contributed by atoms with E-state index in [0.29, 0.717) is 16.9 Å². The highest BCUT2D eigenvalue weighted by atomic mass is 35.5. The quantitative estimate of drug-likeness (QED) is 0.773. The van der Waals surface area contributed by atoms with Crippen LogP contribution in [0, 0.1) is 5.92 Å². The first kappa shape index (κ1) is 13.2. The van der Waals surface area contributed by atoms with E-state index in [0.717, 1.165) is 19.6 Å². The summed E-state index contributed by atoms with van der Waals surface area (Å²) in [6, 6.07) is 0. The Labute approximate surface area is 102 Å². The maximum absolute atomic E-state index is 5.72. The summed E-state index contributed by atoms with van der Waals surface area (Å²) >= 11 is 5.72. The molecule has 0 amide bonds. The molecule has 1 aromatic rings. The van der Waals surface area contributed by atoms with Gasteiger partial charge < -0.3 is 10.2 Å². The number of rotatable bonds is 6. The van der Waals surface area contributed by atoms with Gasteiger partial charge in [-0.1, -0.05) is 25.4 Å². The van der Waals surface area contributed by atoms with Gasteiger partial charge in [0.15, 0.2) is 0 Å². The molecule has 1 heterocycles. The molecule has 1 aromatic heterocycles. The number of nitrogens with one attached hydrogen (secondary N) is 1. The fourth-order valence-corrected chi connectivity index (χ4v) is 1.34. The fourth-order valence-electron chi connectivity index (χ4n) is 1.24. The second-order valence-corrected chi connectivity index (χ2v) is 4.66. The largest absolute Gasteiger partial charge is 0.343 e. The SMILES string of the molecule is CC(C)CNCCN(C)c1ncc(Cl)cn1. The van der Waals surface area contributed by atoms with Gasteiger partial charge in [0.25, 0.3) is 0 Å². The van der Waals surface area contributed by atoms with Crippen molar-refractivity contribution in [2.24, 2.45) is 5.92 Å². The van der Waals surface area contributed by atoms with Crippen molar-refractivity contribution in [2.45, 2.75) is 13.8 Å². The Morgan fingerprint density at radius 2 is 2.00 bits per heavy atom. The van der Waals surface area contributed by atoms with E-state index < -0.39 is 0 Å². The molecule has 0 saturated heterocycles. The summed E-state index contributed by atoms with van der Waals surface area (Å²) < 4.78 is 0. The molecule has 0 saturated carbocycles. The average molecular weight is 243 g/mol. The van der Waals surface area contributed by atoms with Gasteiger partial charge in [-0.3, -0.25) is 0 Å². The number of hydrogen-bond acceptors (Lipinski definition) is 4. The zero-order chi connectivity index (χ0) is 12.0. The van der Waals surface area contributed by atoms with E-state index in [-0.39, 0.29) is 0 Å². The number of aromatic nitrogens is 2. The third-order valence-corrected chi connectivity index (χ3v) is 2.32. The zero-order valence-corrected chi connectivity index (χ0v) is 10.8. The lowest BCUT2D eigenvalue weighted by Crippen LogP contribution is -2.31. The standard InChI is InChI=1S/C11H19ClN4/c1-9(2)6-13-4-5-16(3)11-14-7-10(12)8-15-11/h7-9,13H,4-6H2,1-3H3. The normalized spacial score (nSPS) is 10.8. The third kappa shape index (κ3) is 4.77. The number of likely N-dealkylation sites (N-methyl/N-ethyl adjacent to an activating group) is 1. The van der Waals surface area contributed by atoms with Crippen molar-refractivity contribution in [3.8, 4) is 0 Å². The van der Waals surface area contributed by atoms with Crippen LogP contribution in [0.1, 0.15) is 13.8 Å². The summed E-state index contributed by atoms with van der Waals surface area (Å²) in [6.45, 7) is 7.24. The van der Waals surface area contributed by atoms with Crippen molar-refractivity contribution in [2.75, 3.05) is 31.6 Å². The van der Waals surface area contributed by atoms with E-state index in [1.807, 2.05) is 11.9 Å². The minimum absolute atomic E-state index is 0.565. The molecule has 0 atom stereocenters. The summed E-state index contributed by atoms with van der Waals surface area (Å²) in [6.07, 6.45) is 3.23. The molecule has 0 aromatic carbocycles. The zero-order valence-electron chi connectivity index (χ0n) is 10.1. The van der Waals surface area contributed by atoms with Gasteiger partial charge in [0.1, 0.15) is 0 Å². The van der Waals surface area contributed by atoms with E-state index >= 15 is 0 Å². The molecule has 5 heteroatoms. The Hall–Kier alpha value is -0.870. The van der Waals surface area contributed by atoms with Gasteiger partial charge >= 0.3 is 0 Å². The van der Waals surface area contributed by atoms with Crippen LogP contribution in [0.3, 0.4) is 0 Å². The summed E-state index contributed by atoms with van der Waals surface area (Å²) in [5, 5.41) is 3.94. The first-order chi connectivity index (χ1) is 7.59. The lowest BCUT2D eigenvalue weighted by molar-refractivity contribution is 0.553. The van der Waals surface area contributed by atoms with Crippen LogP contribution in [0.5, 0.6) is 0 Å². The van der Waals surface area contributed by atoms with Crippen molar-refractivity contribution in [1.82, 2.24) is 15.3 Å². The van der Waals surface area contributed by atoms with Gasteiger partial charge in [-0.15, -0.1) is 0 Å². The van der Waals surface area contributed by atoms with E-state index in [2.05, 4.69) is 29.1 Å². The highest BCUT2D eigenvalue weighted by Crippen LogP contribution is 2.07. The molecule has 4 nitrogen and oxygen atoms in total. The predicted molar refractivity (Wildman–Crippen MR) is 68.0 cm³/mol. The molecule has 1 rings (SSSR count). The maximum Gasteiger partial charge on any atom is 0.225 e. The summed E-state index contributed by atoms with van der Waals surface area (Å²) in [4.78, 5) is 10.3. The van der Waals surface area contributed by atoms with Gasteiger partial charge in [0.2, 0.25) is 5.95 Å². The Balaban J connectivity index is 2.29. The van der Waals surface area contributed by atoms with Crippen LogP contribution < -0.4 is 10.2 Å². The topological polar surface area (TPSA) is 41.0 Å². The fraction of sp³-hybridized carbons (Fsp3) is 0.636. The lowest BCUT2D eigenvalue weighted by atomic mass is 10.2. The van der Waals surface area contributed by atoms with Crippen LogP contribution in [0.25, 0.3) is 0 Å². The van der Waals surface area contributed by atoms with Gasteiger partial charge in [-0.2, -0.15) is 0 Å². The monoisotopic (exact) mass is 242 g/mol. The van der Waals surface area contributed by atoms with Crippen LogP contribution in [0.4, 0.5) is 5.95 Å². The van der Waals surface area contributed by atoms with E-state index in [1.165, 1.54) is 0 Å². The van der Waals surface area contributed by atoms with Crippen LogP contribution in [0.15, 0.2) is 12.4 Å². The van der Waals surface area contributed by atoms with Crippen LogP contribution >= 0.6 is 11.6 Å². The molecule has 0 radical (unpaired) electrons. The van der Waals surface area contributed by atoms with Gasteiger partial charge in [0, 0.05) is 20.1 Å². The second-order valence-electron chi connectivity index (χ2n) is 4.22. The molecule has 0 fully saturated rings. The van der Waals surface area contributed by atoms with E-state index in [9.17, 15) is 0 Å². The van der Waals surface area contributed by atoms with Gasteiger partial charge in [-0.25, -0.2) is 9.97 Å². The second kappa shape index (κ2) is 6.66. The molecular formula is C11H19ClN4. The Morgan fingerprint density at radius 3 is 2.56 bits per heavy atom. The minimum atomic E-state index is 0.565. The first-order valence-electron chi connectivity index (χ1n) is 5.49. The molecule has 0 aliphatic heterocycles. The number of nitrogens with zero attached hydrogens (tertiary/aromatic N) is 3. The van der Waals surface area contributed by atoms with Crippen molar-refractivity contribution in [3.05, 3.63) is 17.4 Å². The maximum atomic E-state index is 5.72. The van der Waals surface area contributed by atoms with E-state index in [4.69, 9.17) is 11.6 Å². The van der Waals surface area contributed by atoms with Crippen molar-refractivity contribution in [3.63, 3.8) is 0 Å². The molecule has 1 N–H and O–H groups in total.